The zero-order valence-corrected chi connectivity index (χ0v) is 11.7. The average Bonchev–Trinajstić information content (AvgIpc) is 2.62. The molecule has 0 aliphatic rings. The van der Waals surface area contributed by atoms with Gasteiger partial charge in [-0.05, 0) is 39.7 Å². The number of pyridine rings is 1. The normalized spacial score (nSPS) is 9.62. The lowest BCUT2D eigenvalue weighted by Gasteiger charge is -1.91. The van der Waals surface area contributed by atoms with Gasteiger partial charge in [-0.15, -0.1) is 23.7 Å². The van der Waals surface area contributed by atoms with E-state index in [1.54, 1.807) is 12.4 Å². The molecule has 0 N–H and O–H groups in total. The SMILES string of the molecule is Cl.O=C(Cl)c1nc(-c2cccnc2)sc1Br. The van der Waals surface area contributed by atoms with Gasteiger partial charge in [0, 0.05) is 18.0 Å². The highest BCUT2D eigenvalue weighted by Gasteiger charge is 2.15. The van der Waals surface area contributed by atoms with E-state index in [1.807, 2.05) is 12.1 Å². The Bertz CT molecular complexity index is 503. The summed E-state index contributed by atoms with van der Waals surface area (Å²) in [6.45, 7) is 0. The molecule has 0 aliphatic heterocycles. The van der Waals surface area contributed by atoms with Gasteiger partial charge in [0.05, 0.1) is 0 Å². The van der Waals surface area contributed by atoms with Crippen molar-refractivity contribution in [1.29, 1.82) is 0 Å². The summed E-state index contributed by atoms with van der Waals surface area (Å²) in [4.78, 5) is 19.1. The molecule has 2 rings (SSSR count). The number of aromatic nitrogens is 2. The Morgan fingerprint density at radius 2 is 2.25 bits per heavy atom. The van der Waals surface area contributed by atoms with E-state index < -0.39 is 5.24 Å². The quantitative estimate of drug-likeness (QED) is 0.782. The zero-order chi connectivity index (χ0) is 10.8. The van der Waals surface area contributed by atoms with E-state index in [0.717, 1.165) is 10.6 Å². The monoisotopic (exact) mass is 338 g/mol. The Kier molecular flexibility index (Phi) is 4.86. The van der Waals surface area contributed by atoms with Crippen molar-refractivity contribution in [2.75, 3.05) is 0 Å². The first-order valence-electron chi connectivity index (χ1n) is 3.95. The van der Waals surface area contributed by atoms with Crippen LogP contribution in [0.5, 0.6) is 0 Å². The molecule has 0 unspecified atom stereocenters. The first-order valence-corrected chi connectivity index (χ1v) is 5.94. The summed E-state index contributed by atoms with van der Waals surface area (Å²) in [5.41, 5.74) is 1.12. The van der Waals surface area contributed by atoms with Crippen molar-refractivity contribution in [2.24, 2.45) is 0 Å². The first-order chi connectivity index (χ1) is 7.18. The van der Waals surface area contributed by atoms with Crippen LogP contribution in [0.25, 0.3) is 10.6 Å². The summed E-state index contributed by atoms with van der Waals surface area (Å²) in [5.74, 6) is 0. The van der Waals surface area contributed by atoms with E-state index in [1.165, 1.54) is 11.3 Å². The van der Waals surface area contributed by atoms with Crippen molar-refractivity contribution in [3.05, 3.63) is 34.0 Å². The topological polar surface area (TPSA) is 42.9 Å². The molecule has 0 bridgehead atoms. The highest BCUT2D eigenvalue weighted by Crippen LogP contribution is 2.32. The van der Waals surface area contributed by atoms with Crippen molar-refractivity contribution in [3.63, 3.8) is 0 Å². The molecule has 0 amide bonds. The molecule has 0 fully saturated rings. The number of halogens is 3. The number of hydrogen-bond acceptors (Lipinski definition) is 4. The Morgan fingerprint density at radius 3 is 2.75 bits per heavy atom. The molecule has 0 aromatic carbocycles. The van der Waals surface area contributed by atoms with Crippen LogP contribution in [0.1, 0.15) is 10.5 Å². The summed E-state index contributed by atoms with van der Waals surface area (Å²) >= 11 is 9.97. The van der Waals surface area contributed by atoms with Crippen LogP contribution in [-0.4, -0.2) is 15.2 Å². The van der Waals surface area contributed by atoms with Crippen molar-refractivity contribution in [2.45, 2.75) is 0 Å². The minimum absolute atomic E-state index is 0. The van der Waals surface area contributed by atoms with Gasteiger partial charge in [0.15, 0.2) is 0 Å². The Balaban J connectivity index is 0.00000128. The Labute approximate surface area is 115 Å². The molecule has 2 aromatic heterocycles. The molecule has 7 heteroatoms. The van der Waals surface area contributed by atoms with Gasteiger partial charge in [-0.2, -0.15) is 0 Å². The molecule has 84 valence electrons. The maximum absolute atomic E-state index is 11.0. The fraction of sp³-hybridized carbons (Fsp3) is 0. The van der Waals surface area contributed by atoms with Crippen LogP contribution in [0.3, 0.4) is 0 Å². The standard InChI is InChI=1S/C9H4BrClN2OS.ClH/c10-7-6(8(11)14)13-9(15-7)5-2-1-3-12-4-5;/h1-4H;1H. The molecule has 0 saturated carbocycles. The van der Waals surface area contributed by atoms with Crippen molar-refractivity contribution < 1.29 is 4.79 Å². The van der Waals surface area contributed by atoms with Gasteiger partial charge in [-0.25, -0.2) is 4.98 Å². The van der Waals surface area contributed by atoms with Gasteiger partial charge in [0.2, 0.25) is 0 Å². The lowest BCUT2D eigenvalue weighted by Crippen LogP contribution is -1.89. The van der Waals surface area contributed by atoms with Crippen LogP contribution < -0.4 is 0 Å². The van der Waals surface area contributed by atoms with Gasteiger partial charge in [-0.1, -0.05) is 0 Å². The Morgan fingerprint density at radius 1 is 1.50 bits per heavy atom. The maximum Gasteiger partial charge on any atom is 0.272 e. The predicted octanol–water partition coefficient (Wildman–Crippen LogP) is 3.77. The van der Waals surface area contributed by atoms with Gasteiger partial charge < -0.3 is 0 Å². The number of hydrogen-bond donors (Lipinski definition) is 0. The summed E-state index contributed by atoms with van der Waals surface area (Å²) in [5, 5.41) is 0.159. The summed E-state index contributed by atoms with van der Waals surface area (Å²) in [7, 11) is 0. The number of rotatable bonds is 2. The van der Waals surface area contributed by atoms with Crippen LogP contribution >= 0.6 is 51.3 Å². The molecule has 0 atom stereocenters. The second kappa shape index (κ2) is 5.72. The third kappa shape index (κ3) is 2.79. The van der Waals surface area contributed by atoms with Crippen LogP contribution in [0.15, 0.2) is 28.3 Å². The van der Waals surface area contributed by atoms with E-state index in [2.05, 4.69) is 25.9 Å². The lowest BCUT2D eigenvalue weighted by molar-refractivity contribution is 0.107. The molecular formula is C9H5BrCl2N2OS. The van der Waals surface area contributed by atoms with Gasteiger partial charge in [0.1, 0.15) is 14.5 Å². The molecule has 0 spiro atoms. The fourth-order valence-corrected chi connectivity index (χ4v) is 2.85. The molecule has 3 nitrogen and oxygen atoms in total. The van der Waals surface area contributed by atoms with Crippen LogP contribution in [0.2, 0.25) is 0 Å². The highest BCUT2D eigenvalue weighted by atomic mass is 79.9. The van der Waals surface area contributed by atoms with Crippen LogP contribution in [0.4, 0.5) is 0 Å². The molecule has 0 aliphatic carbocycles. The van der Waals surface area contributed by atoms with E-state index in [9.17, 15) is 4.79 Å². The summed E-state index contributed by atoms with van der Waals surface area (Å²) < 4.78 is 0.640. The van der Waals surface area contributed by atoms with E-state index >= 15 is 0 Å². The van der Waals surface area contributed by atoms with Crippen molar-refractivity contribution >= 4 is 56.5 Å². The van der Waals surface area contributed by atoms with E-state index in [4.69, 9.17) is 11.6 Å². The van der Waals surface area contributed by atoms with Gasteiger partial charge in [0.25, 0.3) is 5.24 Å². The Hall–Kier alpha value is -0.490. The highest BCUT2D eigenvalue weighted by molar-refractivity contribution is 9.11. The number of carbonyl (C=O) groups excluding carboxylic acids is 1. The second-order valence-corrected chi connectivity index (χ2v) is 5.32. The summed E-state index contributed by atoms with van der Waals surface area (Å²) in [6, 6.07) is 3.69. The first kappa shape index (κ1) is 13.6. The largest absolute Gasteiger partial charge is 0.274 e. The molecular weight excluding hydrogens is 335 g/mol. The van der Waals surface area contributed by atoms with Crippen LogP contribution in [0, 0.1) is 0 Å². The predicted molar refractivity (Wildman–Crippen MR) is 70.5 cm³/mol. The molecule has 2 heterocycles. The zero-order valence-electron chi connectivity index (χ0n) is 7.68. The lowest BCUT2D eigenvalue weighted by atomic mass is 10.3. The maximum atomic E-state index is 11.0. The van der Waals surface area contributed by atoms with Crippen molar-refractivity contribution in [1.82, 2.24) is 9.97 Å². The molecule has 16 heavy (non-hydrogen) atoms. The average molecular weight is 340 g/mol. The smallest absolute Gasteiger partial charge is 0.272 e. The third-order valence-electron chi connectivity index (χ3n) is 1.68. The molecule has 0 saturated heterocycles. The van der Waals surface area contributed by atoms with Gasteiger partial charge in [-0.3, -0.25) is 9.78 Å². The fourth-order valence-electron chi connectivity index (χ4n) is 1.04. The van der Waals surface area contributed by atoms with E-state index in [0.29, 0.717) is 3.79 Å². The van der Waals surface area contributed by atoms with Gasteiger partial charge >= 0.3 is 0 Å². The third-order valence-corrected chi connectivity index (χ3v) is 3.61. The number of nitrogens with zero attached hydrogens (tertiary/aromatic N) is 2. The van der Waals surface area contributed by atoms with E-state index in [-0.39, 0.29) is 18.1 Å². The van der Waals surface area contributed by atoms with Crippen LogP contribution in [-0.2, 0) is 0 Å². The molecule has 0 radical (unpaired) electrons. The minimum Gasteiger partial charge on any atom is -0.274 e. The molecule has 2 aromatic rings. The number of thiazole rings is 1. The summed E-state index contributed by atoms with van der Waals surface area (Å²) in [6.07, 6.45) is 3.37. The second-order valence-electron chi connectivity index (χ2n) is 2.66. The van der Waals surface area contributed by atoms with Crippen molar-refractivity contribution in [3.8, 4) is 10.6 Å². The number of carbonyl (C=O) groups is 1. The minimum atomic E-state index is -0.562.